The average molecular weight is 252 g/mol. The van der Waals surface area contributed by atoms with Crippen molar-refractivity contribution in [1.82, 2.24) is 9.97 Å². The first-order valence-electron chi connectivity index (χ1n) is 4.71. The molecule has 0 aliphatic carbocycles. The van der Waals surface area contributed by atoms with Crippen LogP contribution in [0, 0.1) is 5.95 Å². The number of nitrogens with one attached hydrogen (secondary N) is 1. The Morgan fingerprint density at radius 3 is 2.82 bits per heavy atom. The first kappa shape index (κ1) is 11.5. The second kappa shape index (κ2) is 4.88. The highest BCUT2D eigenvalue weighted by atomic mass is 35.5. The van der Waals surface area contributed by atoms with Crippen LogP contribution in [0.1, 0.15) is 10.4 Å². The molecule has 1 N–H and O–H groups in total. The molecule has 2 aromatic heterocycles. The fraction of sp³-hybridized carbons (Fsp3) is 0. The van der Waals surface area contributed by atoms with Gasteiger partial charge in [0.25, 0.3) is 5.91 Å². The Labute approximate surface area is 101 Å². The third-order valence-corrected chi connectivity index (χ3v) is 2.26. The lowest BCUT2D eigenvalue weighted by atomic mass is 10.2. The van der Waals surface area contributed by atoms with Gasteiger partial charge in [-0.15, -0.1) is 0 Å². The Balaban J connectivity index is 2.20. The Bertz CT molecular complexity index is 562. The number of anilines is 1. The highest BCUT2D eigenvalue weighted by Crippen LogP contribution is 2.13. The number of halogens is 2. The molecule has 0 spiro atoms. The molecule has 0 radical (unpaired) electrons. The third kappa shape index (κ3) is 2.76. The van der Waals surface area contributed by atoms with Crippen LogP contribution in [0.2, 0.25) is 5.15 Å². The summed E-state index contributed by atoms with van der Waals surface area (Å²) in [6.07, 6.45) is 1.47. The molecule has 4 nitrogen and oxygen atoms in total. The summed E-state index contributed by atoms with van der Waals surface area (Å²) in [5.74, 6) is -1.03. The van der Waals surface area contributed by atoms with E-state index in [1.54, 1.807) is 6.07 Å². The summed E-state index contributed by atoms with van der Waals surface area (Å²) >= 11 is 5.75. The summed E-state index contributed by atoms with van der Waals surface area (Å²) in [5.41, 5.74) is 0.209. The topological polar surface area (TPSA) is 54.9 Å². The standard InChI is InChI=1S/C11H7ClFN3O/c12-10-7(3-2-6-14-10)11(17)16-9-5-1-4-8(13)15-9/h1-6H,(H,15,16,17). The Hall–Kier alpha value is -2.01. The van der Waals surface area contributed by atoms with E-state index in [0.29, 0.717) is 0 Å². The van der Waals surface area contributed by atoms with Crippen molar-refractivity contribution in [2.45, 2.75) is 0 Å². The van der Waals surface area contributed by atoms with Crippen LogP contribution >= 0.6 is 11.6 Å². The van der Waals surface area contributed by atoms with Gasteiger partial charge in [0.05, 0.1) is 5.56 Å². The summed E-state index contributed by atoms with van der Waals surface area (Å²) in [6, 6.07) is 7.21. The first-order valence-corrected chi connectivity index (χ1v) is 5.09. The minimum atomic E-state index is -0.667. The zero-order valence-corrected chi connectivity index (χ0v) is 9.28. The Kier molecular flexibility index (Phi) is 3.30. The molecule has 0 aliphatic rings. The summed E-state index contributed by atoms with van der Waals surface area (Å²) < 4.78 is 12.8. The molecule has 2 rings (SSSR count). The number of carbonyl (C=O) groups excluding carboxylic acids is 1. The van der Waals surface area contributed by atoms with Crippen molar-refractivity contribution in [3.8, 4) is 0 Å². The van der Waals surface area contributed by atoms with Crippen molar-refractivity contribution >= 4 is 23.3 Å². The van der Waals surface area contributed by atoms with E-state index in [1.807, 2.05) is 0 Å². The van der Waals surface area contributed by atoms with Crippen LogP contribution in [0.3, 0.4) is 0 Å². The fourth-order valence-electron chi connectivity index (χ4n) is 1.22. The van der Waals surface area contributed by atoms with Crippen molar-refractivity contribution in [1.29, 1.82) is 0 Å². The average Bonchev–Trinajstić information content (AvgIpc) is 2.29. The maximum Gasteiger partial charge on any atom is 0.259 e. The summed E-state index contributed by atoms with van der Waals surface area (Å²) in [4.78, 5) is 19.0. The van der Waals surface area contributed by atoms with Crippen LogP contribution in [0.15, 0.2) is 36.5 Å². The van der Waals surface area contributed by atoms with E-state index in [4.69, 9.17) is 11.6 Å². The molecule has 0 fully saturated rings. The maximum atomic E-state index is 12.8. The number of hydrogen-bond acceptors (Lipinski definition) is 3. The number of rotatable bonds is 2. The van der Waals surface area contributed by atoms with Gasteiger partial charge in [-0.1, -0.05) is 17.7 Å². The molecule has 2 aromatic rings. The monoisotopic (exact) mass is 251 g/mol. The van der Waals surface area contributed by atoms with Crippen molar-refractivity contribution in [3.63, 3.8) is 0 Å². The number of nitrogens with zero attached hydrogens (tertiary/aromatic N) is 2. The molecule has 2 heterocycles. The number of hydrogen-bond donors (Lipinski definition) is 1. The summed E-state index contributed by atoms with van der Waals surface area (Å²) in [6.45, 7) is 0. The highest BCUT2D eigenvalue weighted by molar-refractivity contribution is 6.33. The lowest BCUT2D eigenvalue weighted by molar-refractivity contribution is 0.102. The SMILES string of the molecule is O=C(Nc1cccc(F)n1)c1cccnc1Cl. The maximum absolute atomic E-state index is 12.8. The van der Waals surface area contributed by atoms with Crippen LogP contribution < -0.4 is 5.32 Å². The van der Waals surface area contributed by atoms with Crippen molar-refractivity contribution in [3.05, 3.63) is 53.2 Å². The minimum Gasteiger partial charge on any atom is -0.306 e. The second-order valence-corrected chi connectivity index (χ2v) is 3.50. The summed E-state index contributed by atoms with van der Waals surface area (Å²) in [7, 11) is 0. The molecule has 0 aromatic carbocycles. The summed E-state index contributed by atoms with van der Waals surface area (Å²) in [5, 5.41) is 2.51. The first-order chi connectivity index (χ1) is 8.16. The van der Waals surface area contributed by atoms with E-state index in [-0.39, 0.29) is 16.5 Å². The molecule has 0 saturated carbocycles. The van der Waals surface area contributed by atoms with Crippen molar-refractivity contribution in [2.75, 3.05) is 5.32 Å². The lowest BCUT2D eigenvalue weighted by Crippen LogP contribution is -2.14. The molecule has 0 bridgehead atoms. The molecule has 0 aliphatic heterocycles. The van der Waals surface area contributed by atoms with Gasteiger partial charge < -0.3 is 5.32 Å². The molecule has 17 heavy (non-hydrogen) atoms. The zero-order valence-electron chi connectivity index (χ0n) is 8.52. The van der Waals surface area contributed by atoms with Crippen LogP contribution in [-0.2, 0) is 0 Å². The number of carbonyl (C=O) groups is 1. The van der Waals surface area contributed by atoms with Gasteiger partial charge in [0.15, 0.2) is 0 Å². The molecule has 0 atom stereocenters. The zero-order chi connectivity index (χ0) is 12.3. The molecule has 1 amide bonds. The van der Waals surface area contributed by atoms with Gasteiger partial charge in [0.2, 0.25) is 5.95 Å². The van der Waals surface area contributed by atoms with Crippen molar-refractivity contribution < 1.29 is 9.18 Å². The second-order valence-electron chi connectivity index (χ2n) is 3.14. The van der Waals surface area contributed by atoms with Crippen LogP contribution in [0.4, 0.5) is 10.2 Å². The van der Waals surface area contributed by atoms with Crippen LogP contribution in [0.25, 0.3) is 0 Å². The van der Waals surface area contributed by atoms with E-state index in [1.165, 1.54) is 30.5 Å². The molecular weight excluding hydrogens is 245 g/mol. The van der Waals surface area contributed by atoms with E-state index >= 15 is 0 Å². The van der Waals surface area contributed by atoms with Gasteiger partial charge in [-0.3, -0.25) is 4.79 Å². The molecular formula is C11H7ClFN3O. The molecule has 0 unspecified atom stereocenters. The lowest BCUT2D eigenvalue weighted by Gasteiger charge is -2.04. The highest BCUT2D eigenvalue weighted by Gasteiger charge is 2.11. The normalized spacial score (nSPS) is 10.0. The fourth-order valence-corrected chi connectivity index (χ4v) is 1.42. The van der Waals surface area contributed by atoms with Gasteiger partial charge in [0, 0.05) is 6.20 Å². The van der Waals surface area contributed by atoms with E-state index in [0.717, 1.165) is 0 Å². The number of aromatic nitrogens is 2. The molecule has 0 saturated heterocycles. The molecule has 86 valence electrons. The van der Waals surface area contributed by atoms with Crippen LogP contribution in [-0.4, -0.2) is 15.9 Å². The smallest absolute Gasteiger partial charge is 0.259 e. The van der Waals surface area contributed by atoms with E-state index in [9.17, 15) is 9.18 Å². The van der Waals surface area contributed by atoms with E-state index < -0.39 is 11.9 Å². The van der Waals surface area contributed by atoms with Gasteiger partial charge in [-0.05, 0) is 24.3 Å². The third-order valence-electron chi connectivity index (χ3n) is 1.96. The van der Waals surface area contributed by atoms with Crippen LogP contribution in [0.5, 0.6) is 0 Å². The number of pyridine rings is 2. The van der Waals surface area contributed by atoms with Gasteiger partial charge in [-0.25, -0.2) is 9.97 Å². The largest absolute Gasteiger partial charge is 0.306 e. The van der Waals surface area contributed by atoms with Gasteiger partial charge >= 0.3 is 0 Å². The minimum absolute atomic E-state index is 0.0846. The van der Waals surface area contributed by atoms with Crippen molar-refractivity contribution in [2.24, 2.45) is 0 Å². The predicted octanol–water partition coefficient (Wildman–Crippen LogP) is 2.52. The quantitative estimate of drug-likeness (QED) is 0.835. The molecule has 6 heteroatoms. The van der Waals surface area contributed by atoms with E-state index in [2.05, 4.69) is 15.3 Å². The number of amides is 1. The van der Waals surface area contributed by atoms with Gasteiger partial charge in [0.1, 0.15) is 11.0 Å². The van der Waals surface area contributed by atoms with Gasteiger partial charge in [-0.2, -0.15) is 4.39 Å². The Morgan fingerprint density at radius 1 is 1.29 bits per heavy atom. The Morgan fingerprint density at radius 2 is 2.12 bits per heavy atom. The predicted molar refractivity (Wildman–Crippen MR) is 61.4 cm³/mol.